The van der Waals surface area contributed by atoms with Crippen molar-refractivity contribution < 1.29 is 14.3 Å². The second-order valence-electron chi connectivity index (χ2n) is 4.66. The third-order valence-corrected chi connectivity index (χ3v) is 3.51. The molecule has 0 N–H and O–H groups in total. The quantitative estimate of drug-likeness (QED) is 0.773. The third kappa shape index (κ3) is 3.23. The number of hydrogen-bond donors (Lipinski definition) is 0. The van der Waals surface area contributed by atoms with Crippen LogP contribution in [0.25, 0.3) is 0 Å². The standard InChI is InChI=1S/C14H20N2O3/c1-18-13-7-5-8-15-11(13)10-16-9-4-3-6-12(16)14(17)19-2/h5,7-8,12H,3-4,6,9-10H2,1-2H3/t12-/m1/s1. The van der Waals surface area contributed by atoms with Gasteiger partial charge in [-0.15, -0.1) is 0 Å². The molecule has 0 radical (unpaired) electrons. The summed E-state index contributed by atoms with van der Waals surface area (Å²) in [4.78, 5) is 18.3. The SMILES string of the molecule is COC(=O)[C@H]1CCCCN1Cc1ncccc1OC. The molecule has 1 aliphatic heterocycles. The molecular formula is C14H20N2O3. The smallest absolute Gasteiger partial charge is 0.323 e. The number of methoxy groups -OCH3 is 2. The highest BCUT2D eigenvalue weighted by Gasteiger charge is 2.30. The maximum absolute atomic E-state index is 11.8. The topological polar surface area (TPSA) is 51.7 Å². The highest BCUT2D eigenvalue weighted by molar-refractivity contribution is 5.75. The number of aromatic nitrogens is 1. The summed E-state index contributed by atoms with van der Waals surface area (Å²) in [5, 5.41) is 0. The minimum absolute atomic E-state index is 0.158. The molecule has 1 fully saturated rings. The second kappa shape index (κ2) is 6.52. The molecule has 0 aliphatic carbocycles. The van der Waals surface area contributed by atoms with Gasteiger partial charge >= 0.3 is 5.97 Å². The van der Waals surface area contributed by atoms with E-state index in [0.29, 0.717) is 6.54 Å². The van der Waals surface area contributed by atoms with Crippen LogP contribution in [-0.4, -0.2) is 42.7 Å². The van der Waals surface area contributed by atoms with Crippen LogP contribution in [0.15, 0.2) is 18.3 Å². The van der Waals surface area contributed by atoms with Gasteiger partial charge in [0.2, 0.25) is 0 Å². The van der Waals surface area contributed by atoms with Crippen LogP contribution in [0.1, 0.15) is 25.0 Å². The van der Waals surface area contributed by atoms with Gasteiger partial charge in [-0.05, 0) is 31.5 Å². The molecule has 0 bridgehead atoms. The Morgan fingerprint density at radius 3 is 3.05 bits per heavy atom. The van der Waals surface area contributed by atoms with E-state index in [1.54, 1.807) is 13.3 Å². The number of ether oxygens (including phenoxy) is 2. The average molecular weight is 264 g/mol. The van der Waals surface area contributed by atoms with Crippen LogP contribution >= 0.6 is 0 Å². The Kier molecular flexibility index (Phi) is 4.74. The van der Waals surface area contributed by atoms with Gasteiger partial charge in [0.05, 0.1) is 19.9 Å². The monoisotopic (exact) mass is 264 g/mol. The predicted molar refractivity (Wildman–Crippen MR) is 70.9 cm³/mol. The first-order valence-corrected chi connectivity index (χ1v) is 6.56. The maximum atomic E-state index is 11.8. The van der Waals surface area contributed by atoms with E-state index in [1.165, 1.54) is 7.11 Å². The molecule has 2 rings (SSSR count). The van der Waals surface area contributed by atoms with Gasteiger partial charge in [-0.2, -0.15) is 0 Å². The van der Waals surface area contributed by atoms with Crippen molar-refractivity contribution in [3.63, 3.8) is 0 Å². The van der Waals surface area contributed by atoms with Crippen LogP contribution in [0.4, 0.5) is 0 Å². The van der Waals surface area contributed by atoms with Crippen molar-refractivity contribution in [2.24, 2.45) is 0 Å². The number of piperidine rings is 1. The van der Waals surface area contributed by atoms with Crippen molar-refractivity contribution >= 4 is 5.97 Å². The number of nitrogens with zero attached hydrogens (tertiary/aromatic N) is 2. The summed E-state index contributed by atoms with van der Waals surface area (Å²) in [6, 6.07) is 3.57. The molecule has 1 aromatic heterocycles. The summed E-state index contributed by atoms with van der Waals surface area (Å²) in [6.07, 6.45) is 4.76. The van der Waals surface area contributed by atoms with Crippen molar-refractivity contribution in [3.8, 4) is 5.75 Å². The minimum Gasteiger partial charge on any atom is -0.495 e. The molecule has 0 saturated carbocycles. The lowest BCUT2D eigenvalue weighted by Gasteiger charge is -2.33. The van der Waals surface area contributed by atoms with E-state index in [0.717, 1.165) is 37.3 Å². The Bertz CT molecular complexity index is 436. The van der Waals surface area contributed by atoms with E-state index in [1.807, 2.05) is 12.1 Å². The van der Waals surface area contributed by atoms with E-state index in [9.17, 15) is 4.79 Å². The van der Waals surface area contributed by atoms with Gasteiger partial charge in [0, 0.05) is 12.7 Å². The zero-order chi connectivity index (χ0) is 13.7. The molecule has 0 spiro atoms. The van der Waals surface area contributed by atoms with Gasteiger partial charge < -0.3 is 9.47 Å². The number of rotatable bonds is 4. The van der Waals surface area contributed by atoms with Crippen LogP contribution in [0.5, 0.6) is 5.75 Å². The lowest BCUT2D eigenvalue weighted by molar-refractivity contribution is -0.148. The number of pyridine rings is 1. The Balaban J connectivity index is 2.13. The maximum Gasteiger partial charge on any atom is 0.323 e. The lowest BCUT2D eigenvalue weighted by Crippen LogP contribution is -2.44. The molecule has 1 atom stereocenters. The fraction of sp³-hybridized carbons (Fsp3) is 0.571. The van der Waals surface area contributed by atoms with Crippen LogP contribution in [0.3, 0.4) is 0 Å². The van der Waals surface area contributed by atoms with Crippen LogP contribution < -0.4 is 4.74 Å². The number of hydrogen-bond acceptors (Lipinski definition) is 5. The minimum atomic E-state index is -0.162. The molecule has 5 nitrogen and oxygen atoms in total. The summed E-state index contributed by atoms with van der Waals surface area (Å²) in [7, 11) is 3.07. The van der Waals surface area contributed by atoms with E-state index in [2.05, 4.69) is 9.88 Å². The first-order valence-electron chi connectivity index (χ1n) is 6.56. The molecule has 104 valence electrons. The molecule has 19 heavy (non-hydrogen) atoms. The molecule has 1 aliphatic rings. The van der Waals surface area contributed by atoms with Crippen molar-refractivity contribution in [2.75, 3.05) is 20.8 Å². The van der Waals surface area contributed by atoms with Crippen molar-refractivity contribution in [1.29, 1.82) is 0 Å². The fourth-order valence-electron chi connectivity index (χ4n) is 2.50. The van der Waals surface area contributed by atoms with Gasteiger partial charge in [0.25, 0.3) is 0 Å². The summed E-state index contributed by atoms with van der Waals surface area (Å²) >= 11 is 0. The average Bonchev–Trinajstić information content (AvgIpc) is 2.47. The van der Waals surface area contributed by atoms with E-state index >= 15 is 0 Å². The first kappa shape index (κ1) is 13.8. The highest BCUT2D eigenvalue weighted by Crippen LogP contribution is 2.23. The third-order valence-electron chi connectivity index (χ3n) is 3.51. The van der Waals surface area contributed by atoms with Crippen molar-refractivity contribution in [1.82, 2.24) is 9.88 Å². The Morgan fingerprint density at radius 2 is 2.32 bits per heavy atom. The summed E-state index contributed by atoms with van der Waals surface area (Å²) < 4.78 is 10.2. The summed E-state index contributed by atoms with van der Waals surface area (Å²) in [6.45, 7) is 1.50. The van der Waals surface area contributed by atoms with Gasteiger partial charge in [-0.3, -0.25) is 14.7 Å². The molecule has 2 heterocycles. The normalized spacial score (nSPS) is 20.0. The summed E-state index contributed by atoms with van der Waals surface area (Å²) in [5.74, 6) is 0.603. The van der Waals surface area contributed by atoms with Gasteiger partial charge in [-0.1, -0.05) is 6.42 Å². The zero-order valence-corrected chi connectivity index (χ0v) is 11.5. The fourth-order valence-corrected chi connectivity index (χ4v) is 2.50. The van der Waals surface area contributed by atoms with Crippen LogP contribution in [0, 0.1) is 0 Å². The van der Waals surface area contributed by atoms with Gasteiger partial charge in [0.1, 0.15) is 11.8 Å². The molecule has 0 aromatic carbocycles. The number of likely N-dealkylation sites (tertiary alicyclic amines) is 1. The molecule has 0 unspecified atom stereocenters. The number of carbonyl (C=O) groups is 1. The Labute approximate surface area is 113 Å². The highest BCUT2D eigenvalue weighted by atomic mass is 16.5. The van der Waals surface area contributed by atoms with E-state index in [4.69, 9.17) is 9.47 Å². The first-order chi connectivity index (χ1) is 9.26. The lowest BCUT2D eigenvalue weighted by atomic mass is 10.0. The van der Waals surface area contributed by atoms with Gasteiger partial charge in [0.15, 0.2) is 0 Å². The van der Waals surface area contributed by atoms with Crippen molar-refractivity contribution in [3.05, 3.63) is 24.0 Å². The molecule has 1 aromatic rings. The second-order valence-corrected chi connectivity index (χ2v) is 4.66. The Morgan fingerprint density at radius 1 is 1.47 bits per heavy atom. The van der Waals surface area contributed by atoms with E-state index in [-0.39, 0.29) is 12.0 Å². The molecule has 1 saturated heterocycles. The van der Waals surface area contributed by atoms with Crippen LogP contribution in [0.2, 0.25) is 0 Å². The van der Waals surface area contributed by atoms with E-state index < -0.39 is 0 Å². The molecule has 5 heteroatoms. The van der Waals surface area contributed by atoms with Crippen LogP contribution in [-0.2, 0) is 16.1 Å². The van der Waals surface area contributed by atoms with Gasteiger partial charge in [-0.25, -0.2) is 0 Å². The predicted octanol–water partition coefficient (Wildman–Crippen LogP) is 1.62. The molecule has 0 amide bonds. The zero-order valence-electron chi connectivity index (χ0n) is 11.5. The number of esters is 1. The van der Waals surface area contributed by atoms with Crippen molar-refractivity contribution in [2.45, 2.75) is 31.8 Å². The summed E-state index contributed by atoms with van der Waals surface area (Å²) in [5.41, 5.74) is 0.862. The Hall–Kier alpha value is -1.62. The molecular weight excluding hydrogens is 244 g/mol. The number of carbonyl (C=O) groups excluding carboxylic acids is 1. The largest absolute Gasteiger partial charge is 0.495 e.